The molecular formula is C9H9ClO2. The number of phenols is 1. The maximum absolute atomic E-state index is 9.17. The Balaban J connectivity index is 3.00. The molecule has 64 valence electrons. The molecule has 0 spiro atoms. The monoisotopic (exact) mass is 184 g/mol. The van der Waals surface area contributed by atoms with E-state index in [9.17, 15) is 5.11 Å². The lowest BCUT2D eigenvalue weighted by atomic mass is 10.2. The van der Waals surface area contributed by atoms with Gasteiger partial charge in [0, 0.05) is 0 Å². The maximum atomic E-state index is 9.17. The van der Waals surface area contributed by atoms with Crippen LogP contribution in [0.15, 0.2) is 24.3 Å². The van der Waals surface area contributed by atoms with Crippen LogP contribution in [0.2, 0.25) is 5.02 Å². The van der Waals surface area contributed by atoms with Gasteiger partial charge in [-0.1, -0.05) is 35.9 Å². The first-order valence-corrected chi connectivity index (χ1v) is 3.88. The van der Waals surface area contributed by atoms with Crippen molar-refractivity contribution < 1.29 is 10.2 Å². The average molecular weight is 185 g/mol. The molecule has 0 bridgehead atoms. The van der Waals surface area contributed by atoms with Crippen molar-refractivity contribution in [3.63, 3.8) is 0 Å². The van der Waals surface area contributed by atoms with Gasteiger partial charge < -0.3 is 10.2 Å². The molecule has 2 nitrogen and oxygen atoms in total. The highest BCUT2D eigenvalue weighted by atomic mass is 35.5. The van der Waals surface area contributed by atoms with Crippen LogP contribution in [-0.2, 0) is 0 Å². The van der Waals surface area contributed by atoms with E-state index in [0.29, 0.717) is 10.6 Å². The predicted octanol–water partition coefficient (Wildman–Crippen LogP) is 2.05. The smallest absolute Gasteiger partial charge is 0.134 e. The minimum absolute atomic E-state index is 0.0357. The van der Waals surface area contributed by atoms with Gasteiger partial charge in [-0.05, 0) is 11.6 Å². The Kier molecular flexibility index (Phi) is 3.14. The third-order valence-corrected chi connectivity index (χ3v) is 1.82. The van der Waals surface area contributed by atoms with Gasteiger partial charge in [0.25, 0.3) is 0 Å². The number of hydrogen-bond acceptors (Lipinski definition) is 2. The van der Waals surface area contributed by atoms with E-state index in [0.717, 1.165) is 0 Å². The number of hydrogen-bond donors (Lipinski definition) is 2. The van der Waals surface area contributed by atoms with Crippen molar-refractivity contribution in [2.45, 2.75) is 0 Å². The topological polar surface area (TPSA) is 40.5 Å². The van der Waals surface area contributed by atoms with Crippen LogP contribution in [0.25, 0.3) is 6.08 Å². The summed E-state index contributed by atoms with van der Waals surface area (Å²) in [5.41, 5.74) is 0.700. The number of aromatic hydroxyl groups is 1. The van der Waals surface area contributed by atoms with Crippen molar-refractivity contribution in [1.82, 2.24) is 0 Å². The SMILES string of the molecule is OCC=Cc1cccc(O)c1Cl. The summed E-state index contributed by atoms with van der Waals surface area (Å²) < 4.78 is 0. The normalized spacial score (nSPS) is 10.8. The van der Waals surface area contributed by atoms with Gasteiger partial charge in [-0.15, -0.1) is 0 Å². The zero-order chi connectivity index (χ0) is 8.97. The fourth-order valence-electron chi connectivity index (χ4n) is 0.846. The van der Waals surface area contributed by atoms with Gasteiger partial charge in [0.1, 0.15) is 5.75 Å². The molecule has 1 aromatic rings. The van der Waals surface area contributed by atoms with Gasteiger partial charge in [-0.25, -0.2) is 0 Å². The average Bonchev–Trinajstić information content (AvgIpc) is 2.08. The molecule has 0 saturated carbocycles. The third kappa shape index (κ3) is 2.00. The van der Waals surface area contributed by atoms with Crippen LogP contribution in [0.3, 0.4) is 0 Å². The van der Waals surface area contributed by atoms with Crippen LogP contribution < -0.4 is 0 Å². The Hall–Kier alpha value is -0.990. The molecule has 0 aliphatic carbocycles. The van der Waals surface area contributed by atoms with Gasteiger partial charge in [0.05, 0.1) is 11.6 Å². The molecule has 3 heteroatoms. The highest BCUT2D eigenvalue weighted by Crippen LogP contribution is 2.27. The number of halogens is 1. The number of aliphatic hydroxyl groups excluding tert-OH is 1. The summed E-state index contributed by atoms with van der Waals surface area (Å²) in [5.74, 6) is 0.0526. The predicted molar refractivity (Wildman–Crippen MR) is 49.2 cm³/mol. The lowest BCUT2D eigenvalue weighted by molar-refractivity contribution is 0.343. The highest BCUT2D eigenvalue weighted by molar-refractivity contribution is 6.33. The van der Waals surface area contributed by atoms with E-state index >= 15 is 0 Å². The molecule has 2 N–H and O–H groups in total. The van der Waals surface area contributed by atoms with E-state index in [1.54, 1.807) is 24.3 Å². The third-order valence-electron chi connectivity index (χ3n) is 1.41. The van der Waals surface area contributed by atoms with Crippen molar-refractivity contribution in [2.24, 2.45) is 0 Å². The highest BCUT2D eigenvalue weighted by Gasteiger charge is 2.00. The molecule has 0 fully saturated rings. The fourth-order valence-corrected chi connectivity index (χ4v) is 1.03. The molecule has 1 aromatic carbocycles. The lowest BCUT2D eigenvalue weighted by Crippen LogP contribution is -1.77. The molecule has 0 unspecified atom stereocenters. The minimum Gasteiger partial charge on any atom is -0.506 e. The second kappa shape index (κ2) is 4.14. The van der Waals surface area contributed by atoms with E-state index in [4.69, 9.17) is 16.7 Å². The molecule has 0 heterocycles. The molecule has 12 heavy (non-hydrogen) atoms. The van der Waals surface area contributed by atoms with E-state index in [2.05, 4.69) is 0 Å². The lowest BCUT2D eigenvalue weighted by Gasteiger charge is -1.99. The molecule has 0 radical (unpaired) electrons. The van der Waals surface area contributed by atoms with Gasteiger partial charge in [0.2, 0.25) is 0 Å². The summed E-state index contributed by atoms with van der Waals surface area (Å²) in [6.07, 6.45) is 3.21. The maximum Gasteiger partial charge on any atom is 0.134 e. The Bertz CT molecular complexity index is 295. The summed E-state index contributed by atoms with van der Waals surface area (Å²) in [6, 6.07) is 4.96. The second-order valence-electron chi connectivity index (χ2n) is 2.27. The summed E-state index contributed by atoms with van der Waals surface area (Å²) in [6.45, 7) is -0.0357. The zero-order valence-electron chi connectivity index (χ0n) is 6.37. The summed E-state index contributed by atoms with van der Waals surface area (Å²) in [4.78, 5) is 0. The number of phenolic OH excluding ortho intramolecular Hbond substituents is 1. The number of aliphatic hydroxyl groups is 1. The first-order valence-electron chi connectivity index (χ1n) is 3.50. The van der Waals surface area contributed by atoms with Crippen molar-refractivity contribution in [3.8, 4) is 5.75 Å². The quantitative estimate of drug-likeness (QED) is 0.739. The molecule has 0 aromatic heterocycles. The minimum atomic E-state index is -0.0357. The molecule has 0 aliphatic heterocycles. The zero-order valence-corrected chi connectivity index (χ0v) is 7.12. The van der Waals surface area contributed by atoms with E-state index < -0.39 is 0 Å². The Morgan fingerprint density at radius 1 is 1.42 bits per heavy atom. The van der Waals surface area contributed by atoms with Crippen LogP contribution in [0.4, 0.5) is 0 Å². The first kappa shape index (κ1) is 9.10. The van der Waals surface area contributed by atoms with Crippen molar-refractivity contribution in [3.05, 3.63) is 34.9 Å². The van der Waals surface area contributed by atoms with Crippen molar-refractivity contribution in [1.29, 1.82) is 0 Å². The van der Waals surface area contributed by atoms with Crippen LogP contribution >= 0.6 is 11.6 Å². The number of benzene rings is 1. The van der Waals surface area contributed by atoms with Crippen molar-refractivity contribution in [2.75, 3.05) is 6.61 Å². The van der Waals surface area contributed by atoms with Gasteiger partial charge in [-0.3, -0.25) is 0 Å². The summed E-state index contributed by atoms with van der Waals surface area (Å²) in [5, 5.41) is 18.0. The molecular weight excluding hydrogens is 176 g/mol. The Morgan fingerprint density at radius 2 is 2.17 bits per heavy atom. The molecule has 1 rings (SSSR count). The fraction of sp³-hybridized carbons (Fsp3) is 0.111. The largest absolute Gasteiger partial charge is 0.506 e. The Labute approximate surface area is 75.7 Å². The van der Waals surface area contributed by atoms with Gasteiger partial charge in [-0.2, -0.15) is 0 Å². The number of rotatable bonds is 2. The van der Waals surface area contributed by atoms with E-state index in [1.165, 1.54) is 6.07 Å². The van der Waals surface area contributed by atoms with Crippen LogP contribution in [0.1, 0.15) is 5.56 Å². The summed E-state index contributed by atoms with van der Waals surface area (Å²) in [7, 11) is 0. The van der Waals surface area contributed by atoms with Crippen molar-refractivity contribution >= 4 is 17.7 Å². The van der Waals surface area contributed by atoms with Gasteiger partial charge in [0.15, 0.2) is 0 Å². The van der Waals surface area contributed by atoms with Crippen LogP contribution in [0.5, 0.6) is 5.75 Å². The van der Waals surface area contributed by atoms with Gasteiger partial charge >= 0.3 is 0 Å². The Morgan fingerprint density at radius 3 is 2.83 bits per heavy atom. The van der Waals surface area contributed by atoms with E-state index in [1.807, 2.05) is 0 Å². The van der Waals surface area contributed by atoms with E-state index in [-0.39, 0.29) is 12.4 Å². The summed E-state index contributed by atoms with van der Waals surface area (Å²) >= 11 is 5.75. The molecule has 0 atom stereocenters. The molecule has 0 saturated heterocycles. The van der Waals surface area contributed by atoms with Crippen LogP contribution in [-0.4, -0.2) is 16.8 Å². The first-order chi connectivity index (χ1) is 5.75. The van der Waals surface area contributed by atoms with Crippen LogP contribution in [0, 0.1) is 0 Å². The molecule has 0 amide bonds. The standard InChI is InChI=1S/C9H9ClO2/c10-9-7(4-2-6-11)3-1-5-8(9)12/h1-5,11-12H,6H2. The molecule has 0 aliphatic rings. The second-order valence-corrected chi connectivity index (χ2v) is 2.64.